The molecule has 5 nitrogen and oxygen atoms in total. The first-order valence-electron chi connectivity index (χ1n) is 8.69. The minimum absolute atomic E-state index is 0.0818. The van der Waals surface area contributed by atoms with Crippen molar-refractivity contribution in [3.05, 3.63) is 83.9 Å². The fourth-order valence-electron chi connectivity index (χ4n) is 3.35. The molecule has 0 saturated heterocycles. The molecule has 1 aliphatic rings. The molecule has 0 aromatic heterocycles. The molecule has 5 heteroatoms. The van der Waals surface area contributed by atoms with Crippen LogP contribution in [0.4, 0.5) is 11.4 Å². The number of ether oxygens (including phenoxy) is 2. The summed E-state index contributed by atoms with van der Waals surface area (Å²) in [6.07, 6.45) is -0.351. The van der Waals surface area contributed by atoms with Gasteiger partial charge in [0.05, 0.1) is 25.5 Å². The van der Waals surface area contributed by atoms with Crippen molar-refractivity contribution < 1.29 is 14.3 Å². The Hall–Kier alpha value is -3.47. The number of carbonyl (C=O) groups is 1. The molecule has 4 rings (SSSR count). The zero-order valence-corrected chi connectivity index (χ0v) is 15.2. The van der Waals surface area contributed by atoms with Crippen LogP contribution in [0.1, 0.15) is 22.1 Å². The molecule has 3 aromatic rings. The molecule has 136 valence electrons. The number of rotatable bonds is 4. The van der Waals surface area contributed by atoms with E-state index in [-0.39, 0.29) is 12.1 Å². The predicted octanol–water partition coefficient (Wildman–Crippen LogP) is 4.47. The molecule has 0 fully saturated rings. The number of nitrogens with zero attached hydrogens (tertiary/aromatic N) is 1. The Kier molecular flexibility index (Phi) is 4.42. The van der Waals surface area contributed by atoms with Crippen molar-refractivity contribution in [2.45, 2.75) is 6.17 Å². The lowest BCUT2D eigenvalue weighted by Gasteiger charge is -2.38. The van der Waals surface area contributed by atoms with Gasteiger partial charge in [-0.1, -0.05) is 42.5 Å². The summed E-state index contributed by atoms with van der Waals surface area (Å²) in [6, 6.07) is 22.9. The summed E-state index contributed by atoms with van der Waals surface area (Å²) in [5.74, 6) is 1.16. The van der Waals surface area contributed by atoms with Crippen molar-refractivity contribution in [3.8, 4) is 11.5 Å². The van der Waals surface area contributed by atoms with E-state index >= 15 is 0 Å². The topological polar surface area (TPSA) is 50.8 Å². The summed E-state index contributed by atoms with van der Waals surface area (Å²) in [7, 11) is 3.19. The first-order chi connectivity index (χ1) is 13.2. The second kappa shape index (κ2) is 7.03. The van der Waals surface area contributed by atoms with Crippen molar-refractivity contribution in [2.75, 3.05) is 24.4 Å². The van der Waals surface area contributed by atoms with Crippen LogP contribution in [-0.2, 0) is 0 Å². The van der Waals surface area contributed by atoms with Crippen LogP contribution in [-0.4, -0.2) is 20.1 Å². The molecule has 1 atom stereocenters. The zero-order chi connectivity index (χ0) is 18.8. The number of carbonyl (C=O) groups excluding carboxylic acids is 1. The third-order valence-corrected chi connectivity index (χ3v) is 4.69. The van der Waals surface area contributed by atoms with Gasteiger partial charge in [-0.15, -0.1) is 0 Å². The minimum Gasteiger partial charge on any atom is -0.497 e. The number of methoxy groups -OCH3 is 2. The quantitative estimate of drug-likeness (QED) is 0.746. The second-order valence-electron chi connectivity index (χ2n) is 6.22. The van der Waals surface area contributed by atoms with Gasteiger partial charge in [0.2, 0.25) is 0 Å². The van der Waals surface area contributed by atoms with E-state index in [0.29, 0.717) is 22.7 Å². The summed E-state index contributed by atoms with van der Waals surface area (Å²) < 4.78 is 10.9. The summed E-state index contributed by atoms with van der Waals surface area (Å²) in [4.78, 5) is 15.2. The molecular weight excluding hydrogens is 340 g/mol. The fourth-order valence-corrected chi connectivity index (χ4v) is 3.35. The number of nitrogens with one attached hydrogen (secondary N) is 1. The Morgan fingerprint density at radius 1 is 0.889 bits per heavy atom. The van der Waals surface area contributed by atoms with E-state index in [0.717, 1.165) is 11.3 Å². The van der Waals surface area contributed by atoms with Gasteiger partial charge in [-0.3, -0.25) is 9.69 Å². The molecule has 1 unspecified atom stereocenters. The molecule has 1 heterocycles. The van der Waals surface area contributed by atoms with Crippen molar-refractivity contribution in [3.63, 3.8) is 0 Å². The van der Waals surface area contributed by atoms with Crippen LogP contribution < -0.4 is 19.7 Å². The highest BCUT2D eigenvalue weighted by Crippen LogP contribution is 2.41. The number of fused-ring (bicyclic) bond motifs is 1. The van der Waals surface area contributed by atoms with Crippen molar-refractivity contribution >= 4 is 17.3 Å². The van der Waals surface area contributed by atoms with Gasteiger partial charge in [-0.05, 0) is 29.8 Å². The third kappa shape index (κ3) is 2.97. The molecule has 0 saturated carbocycles. The fraction of sp³-hybridized carbons (Fsp3) is 0.136. The number of hydrogen-bond donors (Lipinski definition) is 1. The lowest BCUT2D eigenvalue weighted by Crippen LogP contribution is -2.43. The van der Waals surface area contributed by atoms with Crippen LogP contribution in [0, 0.1) is 0 Å². The maximum Gasteiger partial charge on any atom is 0.262 e. The van der Waals surface area contributed by atoms with E-state index in [1.165, 1.54) is 0 Å². The first-order valence-corrected chi connectivity index (χ1v) is 8.69. The lowest BCUT2D eigenvalue weighted by atomic mass is 10.0. The van der Waals surface area contributed by atoms with Crippen LogP contribution in [0.15, 0.2) is 72.8 Å². The molecule has 3 aromatic carbocycles. The van der Waals surface area contributed by atoms with E-state index in [1.54, 1.807) is 25.2 Å². The Morgan fingerprint density at radius 2 is 1.63 bits per heavy atom. The average molecular weight is 360 g/mol. The van der Waals surface area contributed by atoms with Gasteiger partial charge in [-0.25, -0.2) is 0 Å². The van der Waals surface area contributed by atoms with Crippen molar-refractivity contribution in [2.24, 2.45) is 0 Å². The molecule has 0 bridgehead atoms. The van der Waals surface area contributed by atoms with Gasteiger partial charge in [0.1, 0.15) is 17.7 Å². The minimum atomic E-state index is -0.351. The SMILES string of the molecule is COc1ccc(N2C(=O)c3ccccc3NC2c2ccccc2)c(OC)c1. The molecule has 1 aliphatic heterocycles. The number of para-hydroxylation sites is 1. The lowest BCUT2D eigenvalue weighted by molar-refractivity contribution is 0.0974. The number of amides is 1. The van der Waals surface area contributed by atoms with E-state index in [1.807, 2.05) is 66.7 Å². The van der Waals surface area contributed by atoms with Gasteiger partial charge < -0.3 is 14.8 Å². The smallest absolute Gasteiger partial charge is 0.262 e. The normalized spacial score (nSPS) is 15.7. The van der Waals surface area contributed by atoms with Crippen LogP contribution in [0.25, 0.3) is 0 Å². The van der Waals surface area contributed by atoms with Gasteiger partial charge >= 0.3 is 0 Å². The molecular formula is C22H20N2O3. The molecule has 0 radical (unpaired) electrons. The van der Waals surface area contributed by atoms with Crippen LogP contribution in [0.5, 0.6) is 11.5 Å². The number of anilines is 2. The van der Waals surface area contributed by atoms with Gasteiger partial charge in [-0.2, -0.15) is 0 Å². The Bertz CT molecular complexity index is 972. The summed E-state index contributed by atoms with van der Waals surface area (Å²) >= 11 is 0. The summed E-state index contributed by atoms with van der Waals surface area (Å²) in [5, 5.41) is 3.49. The molecule has 0 spiro atoms. The van der Waals surface area contributed by atoms with Gasteiger partial charge in [0.15, 0.2) is 0 Å². The molecule has 0 aliphatic carbocycles. The number of hydrogen-bond acceptors (Lipinski definition) is 4. The summed E-state index contributed by atoms with van der Waals surface area (Å²) in [6.45, 7) is 0. The van der Waals surface area contributed by atoms with Gasteiger partial charge in [0, 0.05) is 11.8 Å². The average Bonchev–Trinajstić information content (AvgIpc) is 2.74. The largest absolute Gasteiger partial charge is 0.497 e. The van der Waals surface area contributed by atoms with E-state index in [2.05, 4.69) is 5.32 Å². The summed E-state index contributed by atoms with van der Waals surface area (Å²) in [5.41, 5.74) is 3.11. The maximum absolute atomic E-state index is 13.4. The van der Waals surface area contributed by atoms with Gasteiger partial charge in [0.25, 0.3) is 5.91 Å². The second-order valence-corrected chi connectivity index (χ2v) is 6.22. The van der Waals surface area contributed by atoms with E-state index in [9.17, 15) is 4.79 Å². The Balaban J connectivity index is 1.89. The maximum atomic E-state index is 13.4. The van der Waals surface area contributed by atoms with Crippen molar-refractivity contribution in [1.82, 2.24) is 0 Å². The molecule has 27 heavy (non-hydrogen) atoms. The monoisotopic (exact) mass is 360 g/mol. The van der Waals surface area contributed by atoms with Crippen molar-refractivity contribution in [1.29, 1.82) is 0 Å². The standard InChI is InChI=1S/C22H20N2O3/c1-26-16-12-13-19(20(14-16)27-2)24-21(15-8-4-3-5-9-15)23-18-11-7-6-10-17(18)22(24)25/h3-14,21,23H,1-2H3. The highest BCUT2D eigenvalue weighted by atomic mass is 16.5. The highest BCUT2D eigenvalue weighted by Gasteiger charge is 2.35. The Morgan fingerprint density at radius 3 is 2.37 bits per heavy atom. The highest BCUT2D eigenvalue weighted by molar-refractivity contribution is 6.12. The third-order valence-electron chi connectivity index (χ3n) is 4.69. The van der Waals surface area contributed by atoms with E-state index < -0.39 is 0 Å². The van der Waals surface area contributed by atoms with Crippen LogP contribution in [0.2, 0.25) is 0 Å². The predicted molar refractivity (Wildman–Crippen MR) is 106 cm³/mol. The first kappa shape index (κ1) is 17.0. The Labute approximate surface area is 158 Å². The zero-order valence-electron chi connectivity index (χ0n) is 15.2. The van der Waals surface area contributed by atoms with Crippen LogP contribution >= 0.6 is 0 Å². The van der Waals surface area contributed by atoms with Crippen LogP contribution in [0.3, 0.4) is 0 Å². The van der Waals surface area contributed by atoms with E-state index in [4.69, 9.17) is 9.47 Å². The number of benzene rings is 3. The molecule has 1 amide bonds. The molecule has 1 N–H and O–H groups in total.